The van der Waals surface area contributed by atoms with E-state index in [1.807, 2.05) is 18.2 Å². The number of rotatable bonds is 8. The molecule has 0 aliphatic rings. The summed E-state index contributed by atoms with van der Waals surface area (Å²) < 4.78 is 10.6. The van der Waals surface area contributed by atoms with Crippen molar-refractivity contribution < 1.29 is 19.1 Å². The van der Waals surface area contributed by atoms with Crippen LogP contribution in [-0.4, -0.2) is 43.0 Å². The Labute approximate surface area is 219 Å². The minimum absolute atomic E-state index is 0.103. The summed E-state index contributed by atoms with van der Waals surface area (Å²) in [6.07, 6.45) is 1.68. The maximum absolute atomic E-state index is 13.1. The van der Waals surface area contributed by atoms with Crippen LogP contribution < -0.4 is 19.7 Å². The lowest BCUT2D eigenvalue weighted by Gasteiger charge is -2.19. The lowest BCUT2D eigenvalue weighted by Crippen LogP contribution is -2.29. The highest BCUT2D eigenvalue weighted by molar-refractivity contribution is 6.38. The summed E-state index contributed by atoms with van der Waals surface area (Å²) in [5, 5.41) is 3.25. The molecule has 0 saturated heterocycles. The van der Waals surface area contributed by atoms with Crippen molar-refractivity contribution in [2.45, 2.75) is 19.8 Å². The van der Waals surface area contributed by atoms with Gasteiger partial charge in [0.15, 0.2) is 0 Å². The Hall–Kier alpha value is -3.80. The molecule has 10 heteroatoms. The topological polar surface area (TPSA) is 93.7 Å². The molecule has 3 aromatic rings. The van der Waals surface area contributed by atoms with Gasteiger partial charge in [0.25, 0.3) is 5.91 Å². The number of nitrogens with zero attached hydrogens (tertiary/aromatic N) is 3. The van der Waals surface area contributed by atoms with E-state index in [4.69, 9.17) is 32.7 Å². The van der Waals surface area contributed by atoms with E-state index in [1.165, 1.54) is 25.4 Å². The van der Waals surface area contributed by atoms with E-state index in [1.54, 1.807) is 32.2 Å². The summed E-state index contributed by atoms with van der Waals surface area (Å²) in [6.45, 7) is 1.60. The molecular weight excluding hydrogens is 503 g/mol. The molecule has 0 aliphatic carbocycles. The standard InChI is InChI=1S/C26H24Cl2N4O4/c1-5-8-23(33)31-19-10-7-6-9-16(19)11-17-12-22(30-15-29-17)32(2)24(34)13-18-25(27)20(35-3)14-21(36-4)26(18)28/h6-7,9-10,12,14-15H,11,13H2,1-4H3,(H,31,33). The van der Waals surface area contributed by atoms with Gasteiger partial charge < -0.3 is 14.8 Å². The van der Waals surface area contributed by atoms with Gasteiger partial charge in [-0.1, -0.05) is 47.3 Å². The van der Waals surface area contributed by atoms with Gasteiger partial charge >= 0.3 is 0 Å². The summed E-state index contributed by atoms with van der Waals surface area (Å²) >= 11 is 12.8. The van der Waals surface area contributed by atoms with Crippen LogP contribution in [0.5, 0.6) is 11.5 Å². The number of aromatic nitrogens is 2. The molecule has 0 saturated carbocycles. The van der Waals surface area contributed by atoms with Crippen LogP contribution in [-0.2, 0) is 22.4 Å². The first kappa shape index (κ1) is 26.8. The van der Waals surface area contributed by atoms with E-state index in [0.29, 0.717) is 40.7 Å². The quantitative estimate of drug-likeness (QED) is 0.432. The number of ether oxygens (including phenoxy) is 2. The minimum atomic E-state index is -0.398. The minimum Gasteiger partial charge on any atom is -0.495 e. The number of carbonyl (C=O) groups excluding carboxylic acids is 2. The third-order valence-electron chi connectivity index (χ3n) is 5.30. The van der Waals surface area contributed by atoms with Crippen LogP contribution in [0.3, 0.4) is 0 Å². The van der Waals surface area contributed by atoms with Crippen molar-refractivity contribution in [3.05, 3.63) is 69.6 Å². The van der Waals surface area contributed by atoms with Crippen LogP contribution in [0.2, 0.25) is 10.0 Å². The second-order valence-corrected chi connectivity index (χ2v) is 8.30. The lowest BCUT2D eigenvalue weighted by molar-refractivity contribution is -0.117. The number of halogens is 2. The molecule has 1 N–H and O–H groups in total. The van der Waals surface area contributed by atoms with E-state index in [-0.39, 0.29) is 22.4 Å². The molecular formula is C26H24Cl2N4O4. The molecule has 1 aromatic heterocycles. The maximum Gasteiger partial charge on any atom is 0.300 e. The van der Waals surface area contributed by atoms with Crippen LogP contribution in [0.4, 0.5) is 11.5 Å². The molecule has 0 unspecified atom stereocenters. The van der Waals surface area contributed by atoms with Crippen molar-refractivity contribution >= 4 is 46.5 Å². The first-order valence-electron chi connectivity index (χ1n) is 10.8. The number of methoxy groups -OCH3 is 2. The fraction of sp³-hybridized carbons (Fsp3) is 0.231. The predicted octanol–water partition coefficient (Wildman–Crippen LogP) is 4.56. The molecule has 2 aromatic carbocycles. The highest BCUT2D eigenvalue weighted by Gasteiger charge is 2.22. The Bertz CT molecular complexity index is 1320. The average molecular weight is 527 g/mol. The van der Waals surface area contributed by atoms with Gasteiger partial charge in [-0.2, -0.15) is 0 Å². The van der Waals surface area contributed by atoms with Crippen LogP contribution in [0.15, 0.2) is 42.7 Å². The van der Waals surface area contributed by atoms with Crippen molar-refractivity contribution in [2.75, 3.05) is 31.5 Å². The van der Waals surface area contributed by atoms with E-state index >= 15 is 0 Å². The van der Waals surface area contributed by atoms with Crippen LogP contribution in [0.1, 0.15) is 23.7 Å². The molecule has 0 fully saturated rings. The Balaban J connectivity index is 1.82. The highest BCUT2D eigenvalue weighted by atomic mass is 35.5. The third kappa shape index (κ3) is 6.25. The summed E-state index contributed by atoms with van der Waals surface area (Å²) in [7, 11) is 4.54. The molecule has 36 heavy (non-hydrogen) atoms. The lowest BCUT2D eigenvalue weighted by atomic mass is 10.1. The van der Waals surface area contributed by atoms with Gasteiger partial charge in [-0.3, -0.25) is 14.5 Å². The molecule has 0 atom stereocenters. The van der Waals surface area contributed by atoms with Gasteiger partial charge in [0.1, 0.15) is 23.6 Å². The van der Waals surface area contributed by atoms with Gasteiger partial charge in [-0.05, 0) is 24.5 Å². The van der Waals surface area contributed by atoms with Gasteiger partial charge in [0.05, 0.1) is 36.4 Å². The zero-order valence-corrected chi connectivity index (χ0v) is 21.7. The number of nitrogens with one attached hydrogen (secondary N) is 1. The van der Waals surface area contributed by atoms with Gasteiger partial charge in [-0.25, -0.2) is 9.97 Å². The van der Waals surface area contributed by atoms with Crippen LogP contribution in [0.25, 0.3) is 0 Å². The molecule has 0 radical (unpaired) electrons. The fourth-order valence-electron chi connectivity index (χ4n) is 3.41. The number of carbonyl (C=O) groups is 2. The summed E-state index contributed by atoms with van der Waals surface area (Å²) in [5.41, 5.74) is 2.51. The molecule has 0 bridgehead atoms. The Kier molecular flexibility index (Phi) is 9.12. The van der Waals surface area contributed by atoms with Crippen molar-refractivity contribution in [1.82, 2.24) is 9.97 Å². The number of anilines is 2. The van der Waals surface area contributed by atoms with Crippen molar-refractivity contribution in [3.63, 3.8) is 0 Å². The van der Waals surface area contributed by atoms with Gasteiger partial charge in [0, 0.05) is 36.9 Å². The van der Waals surface area contributed by atoms with Crippen molar-refractivity contribution in [3.8, 4) is 23.3 Å². The normalized spacial score (nSPS) is 10.2. The van der Waals surface area contributed by atoms with Crippen LogP contribution >= 0.6 is 23.2 Å². The number of benzene rings is 2. The second kappa shape index (κ2) is 12.2. The molecule has 0 aliphatic heterocycles. The first-order valence-corrected chi connectivity index (χ1v) is 11.5. The molecule has 0 spiro atoms. The molecule has 1 heterocycles. The maximum atomic E-state index is 13.1. The van der Waals surface area contributed by atoms with E-state index in [9.17, 15) is 9.59 Å². The number of amides is 2. The number of hydrogen-bond acceptors (Lipinski definition) is 6. The van der Waals surface area contributed by atoms with Crippen molar-refractivity contribution in [2.24, 2.45) is 0 Å². The summed E-state index contributed by atoms with van der Waals surface area (Å²) in [4.78, 5) is 35.0. The highest BCUT2D eigenvalue weighted by Crippen LogP contribution is 2.40. The number of likely N-dealkylation sites (N-methyl/N-ethyl adjacent to an activating group) is 1. The Morgan fingerprint density at radius 3 is 2.36 bits per heavy atom. The first-order chi connectivity index (χ1) is 17.3. The van der Waals surface area contributed by atoms with Crippen LogP contribution in [0, 0.1) is 11.8 Å². The third-order valence-corrected chi connectivity index (χ3v) is 6.12. The summed E-state index contributed by atoms with van der Waals surface area (Å²) in [6, 6.07) is 10.6. The molecule has 3 rings (SSSR count). The second-order valence-electron chi connectivity index (χ2n) is 7.55. The van der Waals surface area contributed by atoms with E-state index in [0.717, 1.165) is 5.56 Å². The van der Waals surface area contributed by atoms with E-state index in [2.05, 4.69) is 27.1 Å². The molecule has 2 amide bonds. The Morgan fingerprint density at radius 2 is 1.72 bits per heavy atom. The zero-order valence-electron chi connectivity index (χ0n) is 20.2. The van der Waals surface area contributed by atoms with Gasteiger partial charge in [-0.15, -0.1) is 0 Å². The fourth-order valence-corrected chi connectivity index (χ4v) is 4.05. The average Bonchev–Trinajstić information content (AvgIpc) is 2.87. The monoisotopic (exact) mass is 526 g/mol. The van der Waals surface area contributed by atoms with Gasteiger partial charge in [0.2, 0.25) is 5.91 Å². The summed E-state index contributed by atoms with van der Waals surface area (Å²) in [5.74, 6) is 5.43. The smallest absolute Gasteiger partial charge is 0.300 e. The predicted molar refractivity (Wildman–Crippen MR) is 140 cm³/mol. The van der Waals surface area contributed by atoms with E-state index < -0.39 is 5.91 Å². The largest absolute Gasteiger partial charge is 0.495 e. The SMILES string of the molecule is CC#CC(=O)Nc1ccccc1Cc1cc(N(C)C(=O)Cc2c(Cl)c(OC)cc(OC)c2Cl)ncn1. The number of hydrogen-bond donors (Lipinski definition) is 1. The van der Waals surface area contributed by atoms with Crippen molar-refractivity contribution in [1.29, 1.82) is 0 Å². The molecule has 186 valence electrons. The zero-order chi connectivity index (χ0) is 26.2. The molecule has 8 nitrogen and oxygen atoms in total. The number of para-hydroxylation sites is 1. The Morgan fingerprint density at radius 1 is 1.06 bits per heavy atom.